The van der Waals surface area contributed by atoms with Gasteiger partial charge in [-0.15, -0.1) is 0 Å². The van der Waals surface area contributed by atoms with Crippen LogP contribution in [0.25, 0.3) is 0 Å². The first kappa shape index (κ1) is 15.4. The Labute approximate surface area is 123 Å². The van der Waals surface area contributed by atoms with Crippen LogP contribution in [0.5, 0.6) is 0 Å². The van der Waals surface area contributed by atoms with Crippen LogP contribution in [-0.2, 0) is 4.79 Å². The van der Waals surface area contributed by atoms with Crippen molar-refractivity contribution < 1.29 is 4.79 Å². The lowest BCUT2D eigenvalue weighted by Crippen LogP contribution is -2.42. The average molecular weight is 276 g/mol. The summed E-state index contributed by atoms with van der Waals surface area (Å²) in [6.07, 6.45) is 10.9. The third-order valence-electron chi connectivity index (χ3n) is 5.20. The molecule has 0 heterocycles. The first-order valence-electron chi connectivity index (χ1n) is 8.36. The molecule has 2 unspecified atom stereocenters. The van der Waals surface area contributed by atoms with Crippen LogP contribution in [0.15, 0.2) is 0 Å². The summed E-state index contributed by atoms with van der Waals surface area (Å²) in [5.74, 6) is 1.40. The zero-order chi connectivity index (χ0) is 14.4. The van der Waals surface area contributed by atoms with Crippen molar-refractivity contribution in [1.29, 1.82) is 5.26 Å². The van der Waals surface area contributed by atoms with Gasteiger partial charge in [0.1, 0.15) is 5.41 Å². The number of nitrogens with zero attached hydrogens (tertiary/aromatic N) is 1. The summed E-state index contributed by atoms with van der Waals surface area (Å²) in [5.41, 5.74) is -0.739. The van der Waals surface area contributed by atoms with Gasteiger partial charge in [-0.05, 0) is 37.5 Å². The first-order valence-corrected chi connectivity index (χ1v) is 8.36. The van der Waals surface area contributed by atoms with Crippen molar-refractivity contribution >= 4 is 5.91 Å². The second-order valence-electron chi connectivity index (χ2n) is 6.96. The van der Waals surface area contributed by atoms with Gasteiger partial charge in [-0.2, -0.15) is 5.26 Å². The van der Waals surface area contributed by atoms with E-state index in [2.05, 4.69) is 18.3 Å². The van der Waals surface area contributed by atoms with Crippen LogP contribution in [-0.4, -0.2) is 12.5 Å². The highest BCUT2D eigenvalue weighted by atomic mass is 16.2. The predicted octanol–water partition coefficient (Wildman–Crippen LogP) is 3.79. The minimum atomic E-state index is -0.739. The van der Waals surface area contributed by atoms with Gasteiger partial charge in [-0.1, -0.05) is 45.4 Å². The van der Waals surface area contributed by atoms with Crippen LogP contribution in [0.4, 0.5) is 0 Å². The average Bonchev–Trinajstić information content (AvgIpc) is 2.71. The fourth-order valence-electron chi connectivity index (χ4n) is 3.87. The third-order valence-corrected chi connectivity index (χ3v) is 5.20. The Balaban J connectivity index is 1.87. The number of hydrogen-bond donors (Lipinski definition) is 1. The lowest BCUT2D eigenvalue weighted by molar-refractivity contribution is -0.129. The third kappa shape index (κ3) is 3.75. The summed E-state index contributed by atoms with van der Waals surface area (Å²) in [4.78, 5) is 12.5. The Hall–Kier alpha value is -1.04. The van der Waals surface area contributed by atoms with Gasteiger partial charge >= 0.3 is 0 Å². The molecule has 2 aliphatic carbocycles. The quantitative estimate of drug-likeness (QED) is 0.797. The van der Waals surface area contributed by atoms with Crippen LogP contribution in [0.3, 0.4) is 0 Å². The van der Waals surface area contributed by atoms with Crippen molar-refractivity contribution in [2.75, 3.05) is 6.54 Å². The second-order valence-corrected chi connectivity index (χ2v) is 6.96. The Morgan fingerprint density at radius 2 is 1.90 bits per heavy atom. The molecule has 0 aromatic rings. The van der Waals surface area contributed by atoms with Crippen molar-refractivity contribution in [1.82, 2.24) is 5.32 Å². The van der Waals surface area contributed by atoms with E-state index in [1.807, 2.05) is 0 Å². The molecule has 2 saturated carbocycles. The highest BCUT2D eigenvalue weighted by Gasteiger charge is 2.38. The standard InChI is InChI=1S/C17H28N2O/c1-14-7-6-8-15(11-14)12-19-16(20)17(13-18)9-4-2-3-5-10-17/h14-15H,2-12H2,1H3,(H,19,20). The predicted molar refractivity (Wildman–Crippen MR) is 79.9 cm³/mol. The monoisotopic (exact) mass is 276 g/mol. The van der Waals surface area contributed by atoms with Crippen molar-refractivity contribution in [3.63, 3.8) is 0 Å². The second kappa shape index (κ2) is 7.11. The van der Waals surface area contributed by atoms with Crippen LogP contribution in [0, 0.1) is 28.6 Å². The molecule has 2 atom stereocenters. The summed E-state index contributed by atoms with van der Waals surface area (Å²) in [6, 6.07) is 2.34. The maximum Gasteiger partial charge on any atom is 0.240 e. The smallest absolute Gasteiger partial charge is 0.240 e. The fourth-order valence-corrected chi connectivity index (χ4v) is 3.87. The van der Waals surface area contributed by atoms with Crippen molar-refractivity contribution in [2.45, 2.75) is 71.1 Å². The van der Waals surface area contributed by atoms with E-state index in [9.17, 15) is 10.1 Å². The molecular weight excluding hydrogens is 248 g/mol. The summed E-state index contributed by atoms with van der Waals surface area (Å²) in [6.45, 7) is 3.07. The fraction of sp³-hybridized carbons (Fsp3) is 0.882. The van der Waals surface area contributed by atoms with E-state index in [1.54, 1.807) is 0 Å². The molecule has 112 valence electrons. The van der Waals surface area contributed by atoms with Crippen LogP contribution < -0.4 is 5.32 Å². The normalized spacial score (nSPS) is 30.0. The molecule has 0 spiro atoms. The van der Waals surface area contributed by atoms with E-state index in [-0.39, 0.29) is 5.91 Å². The summed E-state index contributed by atoms with van der Waals surface area (Å²) < 4.78 is 0. The zero-order valence-corrected chi connectivity index (χ0v) is 12.8. The Morgan fingerprint density at radius 1 is 1.20 bits per heavy atom. The van der Waals surface area contributed by atoms with E-state index < -0.39 is 5.41 Å². The van der Waals surface area contributed by atoms with E-state index in [0.29, 0.717) is 5.92 Å². The highest BCUT2D eigenvalue weighted by Crippen LogP contribution is 2.35. The van der Waals surface area contributed by atoms with E-state index in [4.69, 9.17) is 0 Å². The summed E-state index contributed by atoms with van der Waals surface area (Å²) in [7, 11) is 0. The maximum atomic E-state index is 12.5. The van der Waals surface area contributed by atoms with E-state index in [0.717, 1.165) is 51.0 Å². The van der Waals surface area contributed by atoms with E-state index in [1.165, 1.54) is 25.7 Å². The number of rotatable bonds is 3. The molecular formula is C17H28N2O. The summed E-state index contributed by atoms with van der Waals surface area (Å²) >= 11 is 0. The molecule has 3 nitrogen and oxygen atoms in total. The number of nitrogens with one attached hydrogen (secondary N) is 1. The molecule has 2 aliphatic rings. The topological polar surface area (TPSA) is 52.9 Å². The molecule has 0 radical (unpaired) electrons. The van der Waals surface area contributed by atoms with Gasteiger partial charge in [0.15, 0.2) is 0 Å². The number of carbonyl (C=O) groups is 1. The van der Waals surface area contributed by atoms with E-state index >= 15 is 0 Å². The number of hydrogen-bond acceptors (Lipinski definition) is 2. The molecule has 1 N–H and O–H groups in total. The Kier molecular flexibility index (Phi) is 5.46. The number of carbonyl (C=O) groups excluding carboxylic acids is 1. The Morgan fingerprint density at radius 3 is 2.50 bits per heavy atom. The number of amides is 1. The van der Waals surface area contributed by atoms with Gasteiger partial charge in [0.25, 0.3) is 0 Å². The number of nitriles is 1. The van der Waals surface area contributed by atoms with Gasteiger partial charge in [-0.3, -0.25) is 4.79 Å². The first-order chi connectivity index (χ1) is 9.66. The molecule has 1 amide bonds. The minimum Gasteiger partial charge on any atom is -0.354 e. The van der Waals surface area contributed by atoms with Gasteiger partial charge < -0.3 is 5.32 Å². The molecule has 2 fully saturated rings. The highest BCUT2D eigenvalue weighted by molar-refractivity contribution is 5.85. The van der Waals surface area contributed by atoms with Crippen LogP contribution in [0.2, 0.25) is 0 Å². The summed E-state index contributed by atoms with van der Waals surface area (Å²) in [5, 5.41) is 12.6. The van der Waals surface area contributed by atoms with Gasteiger partial charge in [0.05, 0.1) is 6.07 Å². The van der Waals surface area contributed by atoms with Crippen LogP contribution in [0.1, 0.15) is 71.1 Å². The van der Waals surface area contributed by atoms with Crippen molar-refractivity contribution in [3.05, 3.63) is 0 Å². The minimum absolute atomic E-state index is 0.000117. The SMILES string of the molecule is CC1CCCC(CNC(=O)C2(C#N)CCCCCC2)C1. The molecule has 0 aliphatic heterocycles. The van der Waals surface area contributed by atoms with Crippen molar-refractivity contribution in [2.24, 2.45) is 17.3 Å². The maximum absolute atomic E-state index is 12.5. The molecule has 0 aromatic carbocycles. The van der Waals surface area contributed by atoms with Gasteiger partial charge in [0, 0.05) is 6.54 Å². The molecule has 0 bridgehead atoms. The lowest BCUT2D eigenvalue weighted by Gasteiger charge is -2.29. The molecule has 2 rings (SSSR count). The molecule has 20 heavy (non-hydrogen) atoms. The lowest BCUT2D eigenvalue weighted by atomic mass is 9.80. The molecule has 0 aromatic heterocycles. The zero-order valence-electron chi connectivity index (χ0n) is 12.8. The Bertz CT molecular complexity index is 364. The van der Waals surface area contributed by atoms with Gasteiger partial charge in [-0.25, -0.2) is 0 Å². The molecule has 3 heteroatoms. The van der Waals surface area contributed by atoms with Crippen molar-refractivity contribution in [3.8, 4) is 6.07 Å². The van der Waals surface area contributed by atoms with Gasteiger partial charge in [0.2, 0.25) is 5.91 Å². The van der Waals surface area contributed by atoms with Crippen LogP contribution >= 0.6 is 0 Å². The largest absolute Gasteiger partial charge is 0.354 e. The molecule has 0 saturated heterocycles.